The minimum absolute atomic E-state index is 0.122. The fraction of sp³-hybridized carbons (Fsp3) is 0.250. The van der Waals surface area contributed by atoms with E-state index in [0.29, 0.717) is 18.8 Å². The van der Waals surface area contributed by atoms with Crippen LogP contribution in [0.1, 0.15) is 12.8 Å². The van der Waals surface area contributed by atoms with E-state index in [4.69, 9.17) is 6.42 Å². The third-order valence-electron chi connectivity index (χ3n) is 1.25. The van der Waals surface area contributed by atoms with Crippen LogP contribution in [0.25, 0.3) is 0 Å². The molecule has 0 saturated heterocycles. The van der Waals surface area contributed by atoms with Gasteiger partial charge in [0.2, 0.25) is 11.9 Å². The largest absolute Gasteiger partial charge is 0.331 e. The molecule has 0 bridgehead atoms. The van der Waals surface area contributed by atoms with Gasteiger partial charge in [-0.2, -0.15) is 0 Å². The summed E-state index contributed by atoms with van der Waals surface area (Å²) >= 11 is 0. The summed E-state index contributed by atoms with van der Waals surface area (Å²) in [5.74, 6) is 2.72. The molecule has 2 N–H and O–H groups in total. The van der Waals surface area contributed by atoms with Gasteiger partial charge in [-0.15, -0.1) is 12.3 Å². The quantitative estimate of drug-likeness (QED) is 0.646. The number of nitrogens with one attached hydrogen (secondary N) is 2. The minimum Gasteiger partial charge on any atom is -0.331 e. The lowest BCUT2D eigenvalue weighted by Gasteiger charge is -1.97. The SMILES string of the molecule is C#CCCC(=O)Nc1ncc[nH]1. The van der Waals surface area contributed by atoms with Crippen LogP contribution in [0.15, 0.2) is 12.4 Å². The summed E-state index contributed by atoms with van der Waals surface area (Å²) in [4.78, 5) is 17.6. The normalized spacial score (nSPS) is 8.92. The van der Waals surface area contributed by atoms with Gasteiger partial charge in [0.1, 0.15) is 0 Å². The van der Waals surface area contributed by atoms with Gasteiger partial charge in [0.15, 0.2) is 0 Å². The Morgan fingerprint density at radius 2 is 2.67 bits per heavy atom. The first kappa shape index (κ1) is 8.34. The molecule has 12 heavy (non-hydrogen) atoms. The first-order chi connectivity index (χ1) is 5.83. The van der Waals surface area contributed by atoms with Crippen molar-refractivity contribution < 1.29 is 4.79 Å². The lowest BCUT2D eigenvalue weighted by molar-refractivity contribution is -0.116. The van der Waals surface area contributed by atoms with Crippen molar-refractivity contribution in [3.63, 3.8) is 0 Å². The Morgan fingerprint density at radius 1 is 1.83 bits per heavy atom. The van der Waals surface area contributed by atoms with Gasteiger partial charge in [-0.3, -0.25) is 10.1 Å². The maximum Gasteiger partial charge on any atom is 0.227 e. The van der Waals surface area contributed by atoms with E-state index in [9.17, 15) is 4.79 Å². The first-order valence-electron chi connectivity index (χ1n) is 3.55. The molecule has 4 nitrogen and oxygen atoms in total. The van der Waals surface area contributed by atoms with E-state index in [0.717, 1.165) is 0 Å². The van der Waals surface area contributed by atoms with E-state index in [-0.39, 0.29) is 5.91 Å². The molecule has 1 aromatic heterocycles. The molecule has 0 fully saturated rings. The number of hydrogen-bond donors (Lipinski definition) is 2. The van der Waals surface area contributed by atoms with Gasteiger partial charge >= 0.3 is 0 Å². The Labute approximate surface area is 70.4 Å². The van der Waals surface area contributed by atoms with Gasteiger partial charge in [-0.1, -0.05) is 0 Å². The molecule has 1 heterocycles. The Balaban J connectivity index is 2.33. The molecule has 0 aliphatic rings. The van der Waals surface area contributed by atoms with Gasteiger partial charge in [-0.25, -0.2) is 4.98 Å². The van der Waals surface area contributed by atoms with E-state index >= 15 is 0 Å². The van der Waals surface area contributed by atoms with E-state index in [1.54, 1.807) is 12.4 Å². The summed E-state index contributed by atoms with van der Waals surface area (Å²) in [6.07, 6.45) is 8.98. The van der Waals surface area contributed by atoms with Gasteiger partial charge in [0.05, 0.1) is 0 Å². The van der Waals surface area contributed by atoms with Crippen LogP contribution in [0.5, 0.6) is 0 Å². The number of anilines is 1. The minimum atomic E-state index is -0.122. The molecule has 1 rings (SSSR count). The fourth-order valence-electron chi connectivity index (χ4n) is 0.714. The zero-order chi connectivity index (χ0) is 8.81. The fourth-order valence-corrected chi connectivity index (χ4v) is 0.714. The second-order valence-corrected chi connectivity index (χ2v) is 2.19. The summed E-state index contributed by atoms with van der Waals surface area (Å²) in [6.45, 7) is 0. The Kier molecular flexibility index (Phi) is 2.91. The number of H-pyrrole nitrogens is 1. The maximum absolute atomic E-state index is 11.0. The van der Waals surface area contributed by atoms with Crippen molar-refractivity contribution in [1.82, 2.24) is 9.97 Å². The van der Waals surface area contributed by atoms with E-state index in [2.05, 4.69) is 21.2 Å². The maximum atomic E-state index is 11.0. The smallest absolute Gasteiger partial charge is 0.227 e. The number of terminal acetylenes is 1. The average molecular weight is 163 g/mol. The van der Waals surface area contributed by atoms with Crippen LogP contribution in [-0.4, -0.2) is 15.9 Å². The number of carbonyl (C=O) groups excluding carboxylic acids is 1. The van der Waals surface area contributed by atoms with Crippen molar-refractivity contribution in [2.45, 2.75) is 12.8 Å². The topological polar surface area (TPSA) is 57.8 Å². The molecule has 0 atom stereocenters. The summed E-state index contributed by atoms with van der Waals surface area (Å²) in [5, 5.41) is 2.56. The van der Waals surface area contributed by atoms with Crippen molar-refractivity contribution in [2.24, 2.45) is 0 Å². The van der Waals surface area contributed by atoms with Crippen LogP contribution in [0.4, 0.5) is 5.95 Å². The van der Waals surface area contributed by atoms with Gasteiger partial charge in [0, 0.05) is 25.2 Å². The monoisotopic (exact) mass is 163 g/mol. The number of nitrogens with zero attached hydrogens (tertiary/aromatic N) is 1. The second kappa shape index (κ2) is 4.19. The highest BCUT2D eigenvalue weighted by molar-refractivity contribution is 5.88. The third kappa shape index (κ3) is 2.46. The lowest BCUT2D eigenvalue weighted by Crippen LogP contribution is -2.11. The molecule has 1 amide bonds. The number of hydrogen-bond acceptors (Lipinski definition) is 2. The standard InChI is InChI=1S/C8H9N3O/c1-2-3-4-7(12)11-8-9-5-6-10-8/h1,5-6H,3-4H2,(H2,9,10,11,12). The zero-order valence-corrected chi connectivity index (χ0v) is 6.50. The zero-order valence-electron chi connectivity index (χ0n) is 6.50. The second-order valence-electron chi connectivity index (χ2n) is 2.19. The number of amides is 1. The van der Waals surface area contributed by atoms with Crippen LogP contribution in [-0.2, 0) is 4.79 Å². The van der Waals surface area contributed by atoms with Crippen LogP contribution < -0.4 is 5.32 Å². The highest BCUT2D eigenvalue weighted by atomic mass is 16.1. The van der Waals surface area contributed by atoms with Crippen LogP contribution in [0.3, 0.4) is 0 Å². The highest BCUT2D eigenvalue weighted by Gasteiger charge is 2.00. The molecular formula is C8H9N3O. The van der Waals surface area contributed by atoms with Crippen LogP contribution in [0, 0.1) is 12.3 Å². The van der Waals surface area contributed by atoms with Crippen molar-refractivity contribution in [2.75, 3.05) is 5.32 Å². The molecule has 0 aromatic carbocycles. The number of carbonyl (C=O) groups is 1. The van der Waals surface area contributed by atoms with Crippen molar-refractivity contribution in [1.29, 1.82) is 0 Å². The summed E-state index contributed by atoms with van der Waals surface area (Å²) in [5.41, 5.74) is 0. The number of aromatic nitrogens is 2. The molecule has 0 saturated carbocycles. The average Bonchev–Trinajstić information content (AvgIpc) is 2.53. The molecular weight excluding hydrogens is 154 g/mol. The Bertz CT molecular complexity index is 284. The Morgan fingerprint density at radius 3 is 3.25 bits per heavy atom. The van der Waals surface area contributed by atoms with Crippen molar-refractivity contribution in [3.8, 4) is 12.3 Å². The van der Waals surface area contributed by atoms with Gasteiger partial charge in [0.25, 0.3) is 0 Å². The van der Waals surface area contributed by atoms with Crippen LogP contribution in [0.2, 0.25) is 0 Å². The summed E-state index contributed by atoms with van der Waals surface area (Å²) < 4.78 is 0. The molecule has 62 valence electrons. The van der Waals surface area contributed by atoms with Gasteiger partial charge < -0.3 is 4.98 Å². The molecule has 0 aliphatic carbocycles. The van der Waals surface area contributed by atoms with Crippen molar-refractivity contribution in [3.05, 3.63) is 12.4 Å². The predicted octanol–water partition coefficient (Wildman–Crippen LogP) is 0.762. The van der Waals surface area contributed by atoms with E-state index in [1.807, 2.05) is 0 Å². The molecule has 0 spiro atoms. The predicted molar refractivity (Wildman–Crippen MR) is 45.3 cm³/mol. The summed E-state index contributed by atoms with van der Waals surface area (Å²) in [6, 6.07) is 0. The molecule has 0 radical (unpaired) electrons. The van der Waals surface area contributed by atoms with Crippen LogP contribution >= 0.6 is 0 Å². The molecule has 0 aliphatic heterocycles. The number of imidazole rings is 1. The van der Waals surface area contributed by atoms with Gasteiger partial charge in [-0.05, 0) is 0 Å². The molecule has 0 unspecified atom stereocenters. The van der Waals surface area contributed by atoms with E-state index < -0.39 is 0 Å². The summed E-state index contributed by atoms with van der Waals surface area (Å²) in [7, 11) is 0. The first-order valence-corrected chi connectivity index (χ1v) is 3.55. The number of rotatable bonds is 3. The molecule has 1 aromatic rings. The molecule has 4 heteroatoms. The van der Waals surface area contributed by atoms with Crippen molar-refractivity contribution >= 4 is 11.9 Å². The highest BCUT2D eigenvalue weighted by Crippen LogP contribution is 1.97. The lowest BCUT2D eigenvalue weighted by atomic mass is 10.3. The number of aromatic amines is 1. The van der Waals surface area contributed by atoms with E-state index in [1.165, 1.54) is 0 Å². The third-order valence-corrected chi connectivity index (χ3v) is 1.25. The Hall–Kier alpha value is -1.76.